The maximum Gasteiger partial charge on any atom is 0.241 e. The van der Waals surface area contributed by atoms with E-state index in [1.165, 1.54) is 17.0 Å². The van der Waals surface area contributed by atoms with Gasteiger partial charge >= 0.3 is 0 Å². The lowest BCUT2D eigenvalue weighted by atomic mass is 10.2. The van der Waals surface area contributed by atoms with Crippen LogP contribution in [-0.2, 0) is 14.8 Å². The van der Waals surface area contributed by atoms with Crippen molar-refractivity contribution in [2.75, 3.05) is 39.3 Å². The van der Waals surface area contributed by atoms with Crippen LogP contribution in [0.3, 0.4) is 0 Å². The first-order chi connectivity index (χ1) is 14.4. The summed E-state index contributed by atoms with van der Waals surface area (Å²) in [7, 11) is -0.597. The zero-order chi connectivity index (χ0) is 22.0. The number of hydrogen-bond donors (Lipinski definition) is 1. The van der Waals surface area contributed by atoms with Gasteiger partial charge in [0, 0.05) is 7.05 Å². The summed E-state index contributed by atoms with van der Waals surface area (Å²) in [5.74, 6) is 1.55. The van der Waals surface area contributed by atoms with Crippen molar-refractivity contribution < 1.29 is 22.7 Å². The molecule has 2 rings (SSSR count). The third kappa shape index (κ3) is 6.93. The number of nitrogens with zero attached hydrogens (tertiary/aromatic N) is 1. The van der Waals surface area contributed by atoms with Crippen molar-refractivity contribution in [2.24, 2.45) is 0 Å². The van der Waals surface area contributed by atoms with Crippen LogP contribution in [0.2, 0.25) is 0 Å². The first kappa shape index (κ1) is 24.0. The molecule has 0 saturated carbocycles. The van der Waals surface area contributed by atoms with Crippen molar-refractivity contribution in [3.05, 3.63) is 54.6 Å². The number of hydrogen-bond acceptors (Lipinski definition) is 6. The van der Waals surface area contributed by atoms with Crippen LogP contribution in [0.1, 0.15) is 6.42 Å². The first-order valence-corrected chi connectivity index (χ1v) is 12.3. The van der Waals surface area contributed by atoms with Gasteiger partial charge in [-0.2, -0.15) is 16.5 Å². The van der Waals surface area contributed by atoms with E-state index < -0.39 is 16.1 Å². The van der Waals surface area contributed by atoms with Gasteiger partial charge in [0.15, 0.2) is 11.5 Å². The van der Waals surface area contributed by atoms with Gasteiger partial charge in [-0.05, 0) is 42.7 Å². The number of likely N-dealkylation sites (N-methyl/N-ethyl adjacent to an activating group) is 1. The third-order valence-electron chi connectivity index (χ3n) is 4.39. The molecular formula is C21H28N2O5S2. The quantitative estimate of drug-likeness (QED) is 0.533. The second-order valence-electron chi connectivity index (χ2n) is 6.53. The number of sulfonamides is 1. The van der Waals surface area contributed by atoms with Crippen LogP contribution in [0.15, 0.2) is 59.5 Å². The number of carbonyl (C=O) groups is 1. The van der Waals surface area contributed by atoms with Gasteiger partial charge in [0.2, 0.25) is 15.9 Å². The fourth-order valence-electron chi connectivity index (χ4n) is 2.73. The van der Waals surface area contributed by atoms with Crippen LogP contribution in [0.25, 0.3) is 0 Å². The van der Waals surface area contributed by atoms with E-state index in [1.807, 2.05) is 18.4 Å². The molecule has 0 aromatic heterocycles. The maximum absolute atomic E-state index is 12.9. The van der Waals surface area contributed by atoms with Gasteiger partial charge in [-0.1, -0.05) is 30.3 Å². The number of thioether (sulfide) groups is 1. The minimum atomic E-state index is -3.80. The van der Waals surface area contributed by atoms with E-state index in [-0.39, 0.29) is 17.4 Å². The molecule has 1 atom stereocenters. The number of amides is 1. The maximum atomic E-state index is 12.9. The minimum Gasteiger partial charge on any atom is -0.493 e. The van der Waals surface area contributed by atoms with Crippen LogP contribution in [0.4, 0.5) is 0 Å². The molecule has 0 aliphatic rings. The van der Waals surface area contributed by atoms with Gasteiger partial charge in [0.05, 0.1) is 18.6 Å². The number of carbonyl (C=O) groups excluding carboxylic acids is 1. The Morgan fingerprint density at radius 2 is 1.73 bits per heavy atom. The summed E-state index contributed by atoms with van der Waals surface area (Å²) in [5, 5.41) is 0. The van der Waals surface area contributed by atoms with Gasteiger partial charge in [-0.25, -0.2) is 8.42 Å². The zero-order valence-corrected chi connectivity index (χ0v) is 19.0. The van der Waals surface area contributed by atoms with Gasteiger partial charge in [-0.15, -0.1) is 0 Å². The number of benzene rings is 2. The highest BCUT2D eigenvalue weighted by atomic mass is 32.2. The average Bonchev–Trinajstić information content (AvgIpc) is 2.76. The molecular weight excluding hydrogens is 424 g/mol. The average molecular weight is 453 g/mol. The highest BCUT2D eigenvalue weighted by molar-refractivity contribution is 7.98. The van der Waals surface area contributed by atoms with E-state index >= 15 is 0 Å². The molecule has 0 heterocycles. The number of nitrogens with one attached hydrogen (secondary N) is 1. The lowest BCUT2D eigenvalue weighted by Gasteiger charge is -2.24. The molecule has 2 aromatic carbocycles. The Labute approximate surface area is 182 Å². The molecule has 9 heteroatoms. The number of ether oxygens (including phenoxy) is 2. The molecule has 164 valence electrons. The molecule has 2 aromatic rings. The normalized spacial score (nSPS) is 12.2. The molecule has 0 bridgehead atoms. The lowest BCUT2D eigenvalue weighted by molar-refractivity contribution is -0.132. The Morgan fingerprint density at radius 3 is 2.37 bits per heavy atom. The molecule has 0 saturated heterocycles. The SMILES string of the molecule is COc1ccccc1OCCN(C)C(=O)C(CCSC)NS(=O)(=O)c1ccccc1. The van der Waals surface area contributed by atoms with Crippen molar-refractivity contribution in [1.29, 1.82) is 0 Å². The second-order valence-corrected chi connectivity index (χ2v) is 9.23. The van der Waals surface area contributed by atoms with Crippen molar-refractivity contribution >= 4 is 27.7 Å². The van der Waals surface area contributed by atoms with Gasteiger partial charge in [0.25, 0.3) is 0 Å². The van der Waals surface area contributed by atoms with E-state index in [1.54, 1.807) is 56.3 Å². The van der Waals surface area contributed by atoms with E-state index in [4.69, 9.17) is 9.47 Å². The molecule has 1 N–H and O–H groups in total. The van der Waals surface area contributed by atoms with Crippen LogP contribution in [0.5, 0.6) is 11.5 Å². The number of para-hydroxylation sites is 2. The topological polar surface area (TPSA) is 84.9 Å². The van der Waals surface area contributed by atoms with Crippen molar-refractivity contribution in [1.82, 2.24) is 9.62 Å². The molecule has 0 fully saturated rings. The van der Waals surface area contributed by atoms with E-state index in [9.17, 15) is 13.2 Å². The van der Waals surface area contributed by atoms with Gasteiger partial charge in [-0.3, -0.25) is 4.79 Å². The molecule has 7 nitrogen and oxygen atoms in total. The fraction of sp³-hybridized carbons (Fsp3) is 0.381. The van der Waals surface area contributed by atoms with Crippen molar-refractivity contribution in [2.45, 2.75) is 17.4 Å². The van der Waals surface area contributed by atoms with Gasteiger partial charge < -0.3 is 14.4 Å². The Hall–Kier alpha value is -2.23. The first-order valence-electron chi connectivity index (χ1n) is 9.46. The summed E-state index contributed by atoms with van der Waals surface area (Å²) in [6.07, 6.45) is 2.31. The second kappa shape index (κ2) is 11.8. The Kier molecular flexibility index (Phi) is 9.48. The van der Waals surface area contributed by atoms with E-state index in [2.05, 4.69) is 4.72 Å². The summed E-state index contributed by atoms with van der Waals surface area (Å²) < 4.78 is 38.9. The van der Waals surface area contributed by atoms with Crippen LogP contribution >= 0.6 is 11.8 Å². The molecule has 30 heavy (non-hydrogen) atoms. The molecule has 0 aliphatic heterocycles. The summed E-state index contributed by atoms with van der Waals surface area (Å²) >= 11 is 1.56. The summed E-state index contributed by atoms with van der Waals surface area (Å²) in [6, 6.07) is 14.5. The van der Waals surface area contributed by atoms with Crippen LogP contribution in [0, 0.1) is 0 Å². The summed E-state index contributed by atoms with van der Waals surface area (Å²) in [4.78, 5) is 14.5. The summed E-state index contributed by atoms with van der Waals surface area (Å²) in [6.45, 7) is 0.559. The highest BCUT2D eigenvalue weighted by Gasteiger charge is 2.27. The molecule has 0 spiro atoms. The highest BCUT2D eigenvalue weighted by Crippen LogP contribution is 2.25. The lowest BCUT2D eigenvalue weighted by Crippen LogP contribution is -2.48. The smallest absolute Gasteiger partial charge is 0.241 e. The molecule has 1 unspecified atom stereocenters. The Balaban J connectivity index is 2.01. The van der Waals surface area contributed by atoms with E-state index in [0.29, 0.717) is 30.2 Å². The monoisotopic (exact) mass is 452 g/mol. The third-order valence-corrected chi connectivity index (χ3v) is 6.52. The largest absolute Gasteiger partial charge is 0.493 e. The minimum absolute atomic E-state index is 0.133. The predicted molar refractivity (Wildman–Crippen MR) is 120 cm³/mol. The van der Waals surface area contributed by atoms with Gasteiger partial charge in [0.1, 0.15) is 12.6 Å². The zero-order valence-electron chi connectivity index (χ0n) is 17.4. The molecule has 0 aliphatic carbocycles. The van der Waals surface area contributed by atoms with E-state index in [0.717, 1.165) is 0 Å². The number of methoxy groups -OCH3 is 1. The predicted octanol–water partition coefficient (Wildman–Crippen LogP) is 2.63. The fourth-order valence-corrected chi connectivity index (χ4v) is 4.45. The molecule has 1 amide bonds. The van der Waals surface area contributed by atoms with Crippen LogP contribution in [-0.4, -0.2) is 64.6 Å². The van der Waals surface area contributed by atoms with Crippen molar-refractivity contribution in [3.63, 3.8) is 0 Å². The Bertz CT molecular complexity index is 907. The van der Waals surface area contributed by atoms with Crippen LogP contribution < -0.4 is 14.2 Å². The Morgan fingerprint density at radius 1 is 1.10 bits per heavy atom. The standard InChI is InChI=1S/C21H28N2O5S2/c1-23(14-15-28-20-12-8-7-11-19(20)27-2)21(24)18(13-16-29-3)22-30(25,26)17-9-5-4-6-10-17/h4-12,18,22H,13-16H2,1-3H3. The van der Waals surface area contributed by atoms with Crippen molar-refractivity contribution in [3.8, 4) is 11.5 Å². The number of rotatable bonds is 12. The molecule has 0 radical (unpaired) electrons. The summed E-state index contributed by atoms with van der Waals surface area (Å²) in [5.41, 5.74) is 0.